The van der Waals surface area contributed by atoms with Gasteiger partial charge in [0.25, 0.3) is 0 Å². The Labute approximate surface area is 128 Å². The van der Waals surface area contributed by atoms with Crippen LogP contribution < -0.4 is 21.7 Å². The van der Waals surface area contributed by atoms with Crippen LogP contribution in [0.3, 0.4) is 0 Å². The number of carbonyl (C=O) groups is 4. The zero-order valence-corrected chi connectivity index (χ0v) is 12.3. The van der Waals surface area contributed by atoms with Crippen molar-refractivity contribution in [3.8, 4) is 0 Å². The lowest BCUT2D eigenvalue weighted by atomic mass is 10.1. The Kier molecular flexibility index (Phi) is 7.30. The van der Waals surface area contributed by atoms with Crippen LogP contribution in [0.15, 0.2) is 0 Å². The van der Waals surface area contributed by atoms with Crippen LogP contribution in [0.1, 0.15) is 32.1 Å². The molecule has 2 unspecified atom stereocenters. The Morgan fingerprint density at radius 1 is 1.36 bits per heavy atom. The van der Waals surface area contributed by atoms with Gasteiger partial charge in [-0.2, -0.15) is 0 Å². The molecule has 0 aromatic heterocycles. The van der Waals surface area contributed by atoms with Gasteiger partial charge in [0.1, 0.15) is 12.1 Å². The maximum Gasteiger partial charge on any atom is 0.326 e. The van der Waals surface area contributed by atoms with Gasteiger partial charge in [0, 0.05) is 6.42 Å². The van der Waals surface area contributed by atoms with E-state index in [0.29, 0.717) is 25.8 Å². The normalized spacial score (nSPS) is 18.4. The average Bonchev–Trinajstić information content (AvgIpc) is 2.90. The number of amides is 3. The third-order valence-electron chi connectivity index (χ3n) is 3.32. The van der Waals surface area contributed by atoms with E-state index in [1.54, 1.807) is 0 Å². The molecule has 0 aromatic rings. The molecule has 0 bridgehead atoms. The lowest BCUT2D eigenvalue weighted by Gasteiger charge is -2.15. The van der Waals surface area contributed by atoms with Gasteiger partial charge >= 0.3 is 5.97 Å². The molecule has 3 amide bonds. The molecular weight excluding hydrogens is 292 g/mol. The quantitative estimate of drug-likeness (QED) is 0.313. The van der Waals surface area contributed by atoms with Crippen molar-refractivity contribution in [1.82, 2.24) is 16.0 Å². The minimum atomic E-state index is -1.13. The summed E-state index contributed by atoms with van der Waals surface area (Å²) in [5.41, 5.74) is 5.33. The summed E-state index contributed by atoms with van der Waals surface area (Å²) in [5, 5.41) is 16.2. The van der Waals surface area contributed by atoms with Gasteiger partial charge in [0.2, 0.25) is 17.7 Å². The first kappa shape index (κ1) is 17.9. The van der Waals surface area contributed by atoms with Crippen LogP contribution in [0.5, 0.6) is 0 Å². The van der Waals surface area contributed by atoms with Crippen molar-refractivity contribution in [1.29, 1.82) is 0 Å². The van der Waals surface area contributed by atoms with E-state index < -0.39 is 29.9 Å². The number of nitrogens with one attached hydrogen (secondary N) is 3. The fourth-order valence-corrected chi connectivity index (χ4v) is 2.10. The van der Waals surface area contributed by atoms with E-state index >= 15 is 0 Å². The van der Waals surface area contributed by atoms with Gasteiger partial charge in [-0.1, -0.05) is 0 Å². The van der Waals surface area contributed by atoms with Crippen molar-refractivity contribution in [3.63, 3.8) is 0 Å². The molecule has 9 heteroatoms. The molecule has 124 valence electrons. The minimum Gasteiger partial charge on any atom is -0.480 e. The average molecular weight is 314 g/mol. The van der Waals surface area contributed by atoms with E-state index in [9.17, 15) is 19.2 Å². The fraction of sp³-hybridized carbons (Fsp3) is 0.692. The summed E-state index contributed by atoms with van der Waals surface area (Å²) in [6.45, 7) is 0.134. The summed E-state index contributed by atoms with van der Waals surface area (Å²) in [6.07, 6.45) is 2.23. The summed E-state index contributed by atoms with van der Waals surface area (Å²) in [6, 6.07) is -1.62. The van der Waals surface area contributed by atoms with Crippen LogP contribution in [0.2, 0.25) is 0 Å². The van der Waals surface area contributed by atoms with Crippen molar-refractivity contribution in [2.24, 2.45) is 5.73 Å². The van der Waals surface area contributed by atoms with E-state index in [1.807, 2.05) is 0 Å². The highest BCUT2D eigenvalue weighted by atomic mass is 16.4. The van der Waals surface area contributed by atoms with Crippen LogP contribution in [0.25, 0.3) is 0 Å². The molecule has 1 saturated heterocycles. The molecule has 0 saturated carbocycles. The van der Waals surface area contributed by atoms with Gasteiger partial charge in [-0.15, -0.1) is 0 Å². The van der Waals surface area contributed by atoms with Gasteiger partial charge in [-0.05, 0) is 32.2 Å². The number of carboxylic acid groups (broad SMARTS) is 1. The number of aliphatic carboxylic acids is 1. The molecule has 0 radical (unpaired) electrons. The zero-order valence-electron chi connectivity index (χ0n) is 12.3. The Bertz CT molecular complexity index is 440. The first-order chi connectivity index (χ1) is 10.4. The molecule has 1 aliphatic heterocycles. The number of unbranched alkanes of at least 4 members (excludes halogenated alkanes) is 1. The van der Waals surface area contributed by atoms with Crippen molar-refractivity contribution in [2.45, 2.75) is 44.2 Å². The standard InChI is InChI=1S/C13H22N4O5/c14-6-2-1-3-9(13(21)22)17-11(19)7-15-12(20)8-4-5-10(18)16-8/h8-9H,1-7,14H2,(H,15,20)(H,16,18)(H,17,19)(H,21,22). The number of hydrogen-bond acceptors (Lipinski definition) is 5. The topological polar surface area (TPSA) is 151 Å². The van der Waals surface area contributed by atoms with Gasteiger partial charge < -0.3 is 26.8 Å². The molecule has 9 nitrogen and oxygen atoms in total. The zero-order chi connectivity index (χ0) is 16.5. The maximum absolute atomic E-state index is 11.7. The first-order valence-corrected chi connectivity index (χ1v) is 7.23. The highest BCUT2D eigenvalue weighted by Gasteiger charge is 2.27. The van der Waals surface area contributed by atoms with Crippen molar-refractivity contribution < 1.29 is 24.3 Å². The van der Waals surface area contributed by atoms with Gasteiger partial charge in [-0.25, -0.2) is 4.79 Å². The number of carboxylic acids is 1. The number of nitrogens with two attached hydrogens (primary N) is 1. The molecule has 2 atom stereocenters. The van der Waals surface area contributed by atoms with Crippen LogP contribution in [0.4, 0.5) is 0 Å². The SMILES string of the molecule is NCCCCC(NC(=O)CNC(=O)C1CCC(=O)N1)C(=O)O. The molecule has 0 aromatic carbocycles. The van der Waals surface area contributed by atoms with E-state index in [0.717, 1.165) is 0 Å². The third kappa shape index (κ3) is 6.08. The van der Waals surface area contributed by atoms with E-state index in [2.05, 4.69) is 16.0 Å². The van der Waals surface area contributed by atoms with Crippen LogP contribution >= 0.6 is 0 Å². The predicted octanol–water partition coefficient (Wildman–Crippen LogP) is -1.92. The summed E-state index contributed by atoms with van der Waals surface area (Å²) < 4.78 is 0. The first-order valence-electron chi connectivity index (χ1n) is 7.23. The second-order valence-corrected chi connectivity index (χ2v) is 5.12. The number of hydrogen-bond donors (Lipinski definition) is 5. The van der Waals surface area contributed by atoms with E-state index in [-0.39, 0.29) is 25.3 Å². The van der Waals surface area contributed by atoms with Crippen molar-refractivity contribution in [3.05, 3.63) is 0 Å². The molecule has 1 aliphatic rings. The summed E-state index contributed by atoms with van der Waals surface area (Å²) >= 11 is 0. The summed E-state index contributed by atoms with van der Waals surface area (Å²) in [4.78, 5) is 45.4. The van der Waals surface area contributed by atoms with Gasteiger partial charge in [0.05, 0.1) is 6.54 Å². The smallest absolute Gasteiger partial charge is 0.326 e. The van der Waals surface area contributed by atoms with Crippen LogP contribution in [-0.4, -0.2) is 54.0 Å². The van der Waals surface area contributed by atoms with Crippen molar-refractivity contribution >= 4 is 23.7 Å². The molecule has 1 rings (SSSR count). The Morgan fingerprint density at radius 3 is 2.64 bits per heavy atom. The third-order valence-corrected chi connectivity index (χ3v) is 3.32. The van der Waals surface area contributed by atoms with Crippen molar-refractivity contribution in [2.75, 3.05) is 13.1 Å². The van der Waals surface area contributed by atoms with Crippen LogP contribution in [0, 0.1) is 0 Å². The molecule has 6 N–H and O–H groups in total. The molecule has 22 heavy (non-hydrogen) atoms. The second-order valence-electron chi connectivity index (χ2n) is 5.12. The number of rotatable bonds is 9. The molecule has 0 spiro atoms. The second kappa shape index (κ2) is 8.98. The van der Waals surface area contributed by atoms with Crippen LogP contribution in [-0.2, 0) is 19.2 Å². The van der Waals surface area contributed by atoms with E-state index in [1.165, 1.54) is 0 Å². The number of carbonyl (C=O) groups excluding carboxylic acids is 3. The molecular formula is C13H22N4O5. The summed E-state index contributed by atoms with van der Waals surface area (Å²) in [5.74, 6) is -2.36. The lowest BCUT2D eigenvalue weighted by Crippen LogP contribution is -2.48. The monoisotopic (exact) mass is 314 g/mol. The van der Waals surface area contributed by atoms with Gasteiger partial charge in [0.15, 0.2) is 0 Å². The van der Waals surface area contributed by atoms with E-state index in [4.69, 9.17) is 10.8 Å². The Hall–Kier alpha value is -2.16. The molecule has 1 heterocycles. The molecule has 0 aliphatic carbocycles. The Balaban J connectivity index is 2.32. The Morgan fingerprint density at radius 2 is 2.09 bits per heavy atom. The lowest BCUT2D eigenvalue weighted by molar-refractivity contribution is -0.142. The summed E-state index contributed by atoms with van der Waals surface area (Å²) in [7, 11) is 0. The maximum atomic E-state index is 11.7. The largest absolute Gasteiger partial charge is 0.480 e. The minimum absolute atomic E-state index is 0.199. The van der Waals surface area contributed by atoms with Gasteiger partial charge in [-0.3, -0.25) is 14.4 Å². The fourth-order valence-electron chi connectivity index (χ4n) is 2.10. The predicted molar refractivity (Wildman–Crippen MR) is 76.6 cm³/mol. The molecule has 1 fully saturated rings. The highest BCUT2D eigenvalue weighted by molar-refractivity contribution is 5.93. The highest BCUT2D eigenvalue weighted by Crippen LogP contribution is 2.06.